The van der Waals surface area contributed by atoms with Gasteiger partial charge in [-0.1, -0.05) is 18.2 Å². The quantitative estimate of drug-likeness (QED) is 0.766. The maximum atomic E-state index is 12.3. The van der Waals surface area contributed by atoms with Gasteiger partial charge in [0.05, 0.1) is 11.1 Å². The first kappa shape index (κ1) is 14.6. The summed E-state index contributed by atoms with van der Waals surface area (Å²) in [6.45, 7) is 0. The molecule has 0 aliphatic carbocycles. The monoisotopic (exact) mass is 285 g/mol. The lowest BCUT2D eigenvalue weighted by Gasteiger charge is -2.14. The maximum Gasteiger partial charge on any atom is 0.254 e. The Kier molecular flexibility index (Phi) is 4.61. The summed E-state index contributed by atoms with van der Waals surface area (Å²) in [6, 6.07) is 7.96. The molecule has 1 aromatic heterocycles. The van der Waals surface area contributed by atoms with Crippen molar-refractivity contribution >= 4 is 29.0 Å². The minimum Gasteiger partial charge on any atom is -0.368 e. The molecule has 108 valence electrons. The van der Waals surface area contributed by atoms with Crippen molar-refractivity contribution in [3.05, 3.63) is 42.1 Å². The van der Waals surface area contributed by atoms with Crippen LogP contribution in [0.1, 0.15) is 23.2 Å². The van der Waals surface area contributed by atoms with Crippen LogP contribution in [0.5, 0.6) is 0 Å². The van der Waals surface area contributed by atoms with Crippen LogP contribution in [0.4, 0.5) is 0 Å². The number of rotatable bonds is 6. The van der Waals surface area contributed by atoms with Crippen LogP contribution in [0.2, 0.25) is 0 Å². The Balaban J connectivity index is 2.25. The summed E-state index contributed by atoms with van der Waals surface area (Å²) >= 11 is 0. The van der Waals surface area contributed by atoms with E-state index < -0.39 is 17.9 Å². The number of benzene rings is 1. The van der Waals surface area contributed by atoms with Crippen LogP contribution in [0.3, 0.4) is 0 Å². The van der Waals surface area contributed by atoms with Crippen LogP contribution in [0, 0.1) is 0 Å². The fourth-order valence-corrected chi connectivity index (χ4v) is 2.04. The zero-order valence-corrected chi connectivity index (χ0v) is 11.3. The Morgan fingerprint density at radius 3 is 2.76 bits per heavy atom. The van der Waals surface area contributed by atoms with Crippen LogP contribution in [0.15, 0.2) is 36.5 Å². The molecule has 3 N–H and O–H groups in total. The highest BCUT2D eigenvalue weighted by molar-refractivity contribution is 6.06. The second-order valence-corrected chi connectivity index (χ2v) is 4.55. The molecule has 0 aliphatic heterocycles. The molecule has 0 spiro atoms. The van der Waals surface area contributed by atoms with Crippen molar-refractivity contribution < 1.29 is 14.4 Å². The van der Waals surface area contributed by atoms with Crippen LogP contribution in [-0.4, -0.2) is 29.1 Å². The molecule has 1 aromatic carbocycles. The van der Waals surface area contributed by atoms with Gasteiger partial charge in [-0.15, -0.1) is 0 Å². The van der Waals surface area contributed by atoms with Gasteiger partial charge in [-0.3, -0.25) is 14.6 Å². The topological polar surface area (TPSA) is 102 Å². The Bertz CT molecular complexity index is 679. The average Bonchev–Trinajstić information content (AvgIpc) is 2.50. The third kappa shape index (κ3) is 3.42. The molecule has 2 amide bonds. The van der Waals surface area contributed by atoms with Gasteiger partial charge in [0.15, 0.2) is 0 Å². The summed E-state index contributed by atoms with van der Waals surface area (Å²) in [6.07, 6.45) is 2.61. The molecular formula is C15H15N3O3. The highest BCUT2D eigenvalue weighted by Crippen LogP contribution is 2.16. The summed E-state index contributed by atoms with van der Waals surface area (Å²) < 4.78 is 0. The Labute approximate surface area is 121 Å². The molecule has 2 rings (SSSR count). The molecule has 1 atom stereocenters. The molecule has 0 aliphatic rings. The first-order valence-electron chi connectivity index (χ1n) is 6.51. The van der Waals surface area contributed by atoms with Gasteiger partial charge in [0.25, 0.3) is 5.91 Å². The minimum absolute atomic E-state index is 0.154. The molecule has 6 nitrogen and oxygen atoms in total. The number of para-hydroxylation sites is 1. The van der Waals surface area contributed by atoms with Gasteiger partial charge in [-0.05, 0) is 18.6 Å². The molecule has 0 fully saturated rings. The number of aldehydes is 1. The second-order valence-electron chi connectivity index (χ2n) is 4.55. The number of primary amides is 1. The number of hydrogen-bond donors (Lipinski definition) is 2. The predicted molar refractivity (Wildman–Crippen MR) is 77.5 cm³/mol. The number of hydrogen-bond acceptors (Lipinski definition) is 4. The number of aromatic nitrogens is 1. The van der Waals surface area contributed by atoms with Crippen molar-refractivity contribution in [3.8, 4) is 0 Å². The minimum atomic E-state index is -0.873. The molecule has 0 bridgehead atoms. The molecule has 0 saturated heterocycles. The number of fused-ring (bicyclic) bond motifs is 1. The maximum absolute atomic E-state index is 12.3. The number of carbonyl (C=O) groups excluding carboxylic acids is 3. The fourth-order valence-electron chi connectivity index (χ4n) is 2.04. The SMILES string of the molecule is NC(=O)C(CCC=O)NC(=O)c1cccc2cccnc12. The van der Waals surface area contributed by atoms with Gasteiger partial charge < -0.3 is 15.8 Å². The van der Waals surface area contributed by atoms with E-state index in [2.05, 4.69) is 10.3 Å². The Morgan fingerprint density at radius 1 is 1.29 bits per heavy atom. The number of nitrogens with two attached hydrogens (primary N) is 1. The number of nitrogens with one attached hydrogen (secondary N) is 1. The van der Waals surface area contributed by atoms with E-state index in [1.54, 1.807) is 24.4 Å². The summed E-state index contributed by atoms with van der Waals surface area (Å²) in [4.78, 5) is 38.2. The van der Waals surface area contributed by atoms with Gasteiger partial charge in [0, 0.05) is 18.0 Å². The largest absolute Gasteiger partial charge is 0.368 e. The summed E-state index contributed by atoms with van der Waals surface area (Å²) in [5, 5.41) is 3.37. The smallest absolute Gasteiger partial charge is 0.254 e. The fraction of sp³-hybridized carbons (Fsp3) is 0.200. The van der Waals surface area contributed by atoms with E-state index in [-0.39, 0.29) is 12.8 Å². The summed E-state index contributed by atoms with van der Waals surface area (Å²) in [5.74, 6) is -1.10. The molecule has 1 heterocycles. The van der Waals surface area contributed by atoms with Gasteiger partial charge in [-0.25, -0.2) is 0 Å². The zero-order valence-electron chi connectivity index (χ0n) is 11.3. The molecule has 21 heavy (non-hydrogen) atoms. The van der Waals surface area contributed by atoms with E-state index in [4.69, 9.17) is 5.73 Å². The lowest BCUT2D eigenvalue weighted by Crippen LogP contribution is -2.44. The lowest BCUT2D eigenvalue weighted by molar-refractivity contribution is -0.120. The number of nitrogens with zero attached hydrogens (tertiary/aromatic N) is 1. The number of pyridine rings is 1. The summed E-state index contributed by atoms with van der Waals surface area (Å²) in [5.41, 5.74) is 6.15. The van der Waals surface area contributed by atoms with Crippen LogP contribution in [-0.2, 0) is 9.59 Å². The Hall–Kier alpha value is -2.76. The van der Waals surface area contributed by atoms with E-state index in [1.165, 1.54) is 0 Å². The van der Waals surface area contributed by atoms with E-state index in [9.17, 15) is 14.4 Å². The molecule has 0 radical (unpaired) electrons. The molecule has 2 aromatic rings. The summed E-state index contributed by atoms with van der Waals surface area (Å²) in [7, 11) is 0. The molecule has 6 heteroatoms. The van der Waals surface area contributed by atoms with E-state index in [1.807, 2.05) is 12.1 Å². The van der Waals surface area contributed by atoms with Crippen molar-refractivity contribution in [1.29, 1.82) is 0 Å². The zero-order chi connectivity index (χ0) is 15.2. The predicted octanol–water partition coefficient (Wildman–Crippen LogP) is 0.798. The normalized spacial score (nSPS) is 11.8. The average molecular weight is 285 g/mol. The van der Waals surface area contributed by atoms with Crippen molar-refractivity contribution in [2.24, 2.45) is 5.73 Å². The van der Waals surface area contributed by atoms with Crippen LogP contribution in [0.25, 0.3) is 10.9 Å². The molecular weight excluding hydrogens is 270 g/mol. The van der Waals surface area contributed by atoms with E-state index in [0.717, 1.165) is 5.39 Å². The second kappa shape index (κ2) is 6.60. The van der Waals surface area contributed by atoms with Gasteiger partial charge in [0.2, 0.25) is 5.91 Å². The van der Waals surface area contributed by atoms with Crippen molar-refractivity contribution in [1.82, 2.24) is 10.3 Å². The highest BCUT2D eigenvalue weighted by Gasteiger charge is 2.19. The number of carbonyl (C=O) groups is 3. The van der Waals surface area contributed by atoms with Crippen molar-refractivity contribution in [2.45, 2.75) is 18.9 Å². The molecule has 0 saturated carbocycles. The standard InChI is InChI=1S/C15H15N3O3/c16-14(20)12(7-3-9-19)18-15(21)11-6-1-4-10-5-2-8-17-13(10)11/h1-2,4-6,8-9,12H,3,7H2,(H2,16,20)(H,18,21). The third-order valence-corrected chi connectivity index (χ3v) is 3.10. The van der Waals surface area contributed by atoms with Crippen LogP contribution < -0.4 is 11.1 Å². The van der Waals surface area contributed by atoms with Gasteiger partial charge in [-0.2, -0.15) is 0 Å². The first-order chi connectivity index (χ1) is 10.1. The van der Waals surface area contributed by atoms with Gasteiger partial charge >= 0.3 is 0 Å². The van der Waals surface area contributed by atoms with Crippen LogP contribution >= 0.6 is 0 Å². The third-order valence-electron chi connectivity index (χ3n) is 3.10. The van der Waals surface area contributed by atoms with E-state index in [0.29, 0.717) is 17.4 Å². The molecule has 1 unspecified atom stereocenters. The number of amides is 2. The van der Waals surface area contributed by atoms with Crippen molar-refractivity contribution in [2.75, 3.05) is 0 Å². The van der Waals surface area contributed by atoms with E-state index >= 15 is 0 Å². The Morgan fingerprint density at radius 2 is 2.05 bits per heavy atom. The first-order valence-corrected chi connectivity index (χ1v) is 6.51. The van der Waals surface area contributed by atoms with Gasteiger partial charge in [0.1, 0.15) is 12.3 Å². The van der Waals surface area contributed by atoms with Crippen molar-refractivity contribution in [3.63, 3.8) is 0 Å². The highest BCUT2D eigenvalue weighted by atomic mass is 16.2. The lowest BCUT2D eigenvalue weighted by atomic mass is 10.1.